The molecule has 1 heterocycles. The van der Waals surface area contributed by atoms with Gasteiger partial charge in [-0.15, -0.1) is 0 Å². The van der Waals surface area contributed by atoms with Crippen molar-refractivity contribution in [1.29, 1.82) is 5.26 Å². The minimum Gasteiger partial charge on any atom is -0.368 e. The Morgan fingerprint density at radius 2 is 2.42 bits per heavy atom. The first-order valence-corrected chi connectivity index (χ1v) is 3.28. The molecule has 58 valence electrons. The van der Waals surface area contributed by atoms with Gasteiger partial charge in [0, 0.05) is 5.96 Å². The van der Waals surface area contributed by atoms with Gasteiger partial charge >= 0.3 is 29.6 Å². The van der Waals surface area contributed by atoms with Crippen molar-refractivity contribution in [3.8, 4) is 6.19 Å². The number of nitrogens with zero attached hydrogens (tertiary/aromatic N) is 4. The Kier molecular flexibility index (Phi) is 5.25. The van der Waals surface area contributed by atoms with Crippen LogP contribution in [0.3, 0.4) is 0 Å². The number of rotatable bonds is 0. The standard InChI is InChI=1S/C5H5ClN5.Na/c1-3-9-4(6)11-5(10-3)8-2-7;/h3H,1H3,(H-,8,9,10,11);/q-1;+1. The van der Waals surface area contributed by atoms with Crippen LogP contribution < -0.4 is 34.9 Å². The van der Waals surface area contributed by atoms with Crippen molar-refractivity contribution in [3.05, 3.63) is 5.32 Å². The van der Waals surface area contributed by atoms with Crippen molar-refractivity contribution in [2.75, 3.05) is 0 Å². The van der Waals surface area contributed by atoms with Crippen LogP contribution >= 0.6 is 11.6 Å². The van der Waals surface area contributed by atoms with Crippen LogP contribution in [0.25, 0.3) is 5.32 Å². The summed E-state index contributed by atoms with van der Waals surface area (Å²) in [5.41, 5.74) is 0. The van der Waals surface area contributed by atoms with E-state index in [9.17, 15) is 0 Å². The van der Waals surface area contributed by atoms with Gasteiger partial charge in [0.25, 0.3) is 0 Å². The van der Waals surface area contributed by atoms with E-state index in [1.165, 1.54) is 0 Å². The van der Waals surface area contributed by atoms with Crippen LogP contribution in [-0.2, 0) is 0 Å². The molecule has 0 radical (unpaired) electrons. The molecule has 0 aromatic carbocycles. The molecule has 1 aliphatic rings. The van der Waals surface area contributed by atoms with Crippen molar-refractivity contribution in [2.24, 2.45) is 9.98 Å². The molecule has 1 N–H and O–H groups in total. The number of hydrogen-bond acceptors (Lipinski definition) is 4. The van der Waals surface area contributed by atoms with E-state index in [0.717, 1.165) is 0 Å². The van der Waals surface area contributed by atoms with Crippen molar-refractivity contribution in [2.45, 2.75) is 13.1 Å². The third-order valence-electron chi connectivity index (χ3n) is 0.968. The minimum atomic E-state index is -0.268. The average Bonchev–Trinajstić information content (AvgIpc) is 1.85. The van der Waals surface area contributed by atoms with Gasteiger partial charge in [-0.1, -0.05) is 11.6 Å². The third kappa shape index (κ3) is 3.41. The summed E-state index contributed by atoms with van der Waals surface area (Å²) in [6.45, 7) is 1.75. The SMILES string of the molecule is CC1N=C(Cl)N=C(NC#N)[N-]1.[Na+]. The van der Waals surface area contributed by atoms with Gasteiger partial charge in [-0.05, 0) is 6.92 Å². The van der Waals surface area contributed by atoms with Gasteiger partial charge in [-0.25, -0.2) is 0 Å². The molecule has 0 saturated carbocycles. The number of amidine groups is 1. The molecule has 0 aromatic heterocycles. The Labute approximate surface area is 97.2 Å². The normalized spacial score (nSPS) is 20.6. The van der Waals surface area contributed by atoms with Gasteiger partial charge in [0.1, 0.15) is 11.5 Å². The third-order valence-corrected chi connectivity index (χ3v) is 1.15. The molecule has 0 bridgehead atoms. The molecule has 1 unspecified atom stereocenters. The number of aliphatic imine (C=N–C) groups is 2. The van der Waals surface area contributed by atoms with Crippen molar-refractivity contribution in [3.63, 3.8) is 0 Å². The van der Waals surface area contributed by atoms with Gasteiger partial charge in [-0.3, -0.25) is 4.99 Å². The summed E-state index contributed by atoms with van der Waals surface area (Å²) in [5, 5.41) is 14.5. The number of nitriles is 1. The van der Waals surface area contributed by atoms with Crippen LogP contribution in [0.4, 0.5) is 0 Å². The fraction of sp³-hybridized carbons (Fsp3) is 0.400. The van der Waals surface area contributed by atoms with Crippen LogP contribution in [0, 0.1) is 11.5 Å². The maximum Gasteiger partial charge on any atom is 1.00 e. The monoisotopic (exact) mass is 193 g/mol. The zero-order chi connectivity index (χ0) is 8.27. The molecule has 0 aromatic rings. The molecule has 1 rings (SSSR count). The van der Waals surface area contributed by atoms with Gasteiger partial charge in [0.05, 0.1) is 6.17 Å². The van der Waals surface area contributed by atoms with E-state index in [1.54, 1.807) is 13.1 Å². The summed E-state index contributed by atoms with van der Waals surface area (Å²) in [7, 11) is 0. The molecule has 0 spiro atoms. The predicted molar refractivity (Wildman–Crippen MR) is 42.3 cm³/mol. The molecular formula is C5H5ClN5Na. The van der Waals surface area contributed by atoms with E-state index in [4.69, 9.17) is 16.9 Å². The summed E-state index contributed by atoms with van der Waals surface area (Å²) in [6.07, 6.45) is 1.42. The van der Waals surface area contributed by atoms with Gasteiger partial charge in [-0.2, -0.15) is 5.26 Å². The predicted octanol–water partition coefficient (Wildman–Crippen LogP) is -2.25. The van der Waals surface area contributed by atoms with Gasteiger partial charge in [0.15, 0.2) is 0 Å². The first-order chi connectivity index (χ1) is 5.22. The Hall–Kier alpha value is -0.280. The average molecular weight is 194 g/mol. The summed E-state index contributed by atoms with van der Waals surface area (Å²) >= 11 is 5.50. The van der Waals surface area contributed by atoms with E-state index in [1.807, 2.05) is 0 Å². The largest absolute Gasteiger partial charge is 1.00 e. The fourth-order valence-corrected chi connectivity index (χ4v) is 0.837. The first-order valence-electron chi connectivity index (χ1n) is 2.90. The van der Waals surface area contributed by atoms with Crippen molar-refractivity contribution < 1.29 is 29.6 Å². The molecule has 0 saturated heterocycles. The second-order valence-corrected chi connectivity index (χ2v) is 2.17. The van der Waals surface area contributed by atoms with Crippen molar-refractivity contribution in [1.82, 2.24) is 5.32 Å². The second-order valence-electron chi connectivity index (χ2n) is 1.83. The molecular weight excluding hydrogens is 189 g/mol. The number of nitrogens with one attached hydrogen (secondary N) is 1. The molecule has 0 aliphatic carbocycles. The summed E-state index contributed by atoms with van der Waals surface area (Å²) in [6, 6.07) is 0. The summed E-state index contributed by atoms with van der Waals surface area (Å²) < 4.78 is 0. The summed E-state index contributed by atoms with van der Waals surface area (Å²) in [4.78, 5) is 7.45. The zero-order valence-electron chi connectivity index (χ0n) is 6.74. The van der Waals surface area contributed by atoms with E-state index in [0.29, 0.717) is 0 Å². The number of guanidine groups is 1. The Morgan fingerprint density at radius 1 is 1.75 bits per heavy atom. The fourth-order valence-electron chi connectivity index (χ4n) is 0.615. The Morgan fingerprint density at radius 3 is 2.92 bits per heavy atom. The molecule has 1 atom stereocenters. The van der Waals surface area contributed by atoms with E-state index >= 15 is 0 Å². The molecule has 5 nitrogen and oxygen atoms in total. The van der Waals surface area contributed by atoms with Gasteiger partial charge in [0.2, 0.25) is 0 Å². The first kappa shape index (κ1) is 11.7. The molecule has 0 fully saturated rings. The zero-order valence-corrected chi connectivity index (χ0v) is 9.50. The number of hydrogen-bond donors (Lipinski definition) is 1. The second kappa shape index (κ2) is 5.38. The molecule has 0 amide bonds. The maximum absolute atomic E-state index is 8.21. The molecule has 7 heteroatoms. The Bertz CT molecular complexity index is 255. The van der Waals surface area contributed by atoms with Crippen LogP contribution in [-0.4, -0.2) is 17.4 Å². The smallest absolute Gasteiger partial charge is 0.368 e. The number of halogens is 1. The van der Waals surface area contributed by atoms with Crippen LogP contribution in [0.1, 0.15) is 6.92 Å². The van der Waals surface area contributed by atoms with Crippen molar-refractivity contribution >= 4 is 22.9 Å². The van der Waals surface area contributed by atoms with Crippen LogP contribution in [0.5, 0.6) is 0 Å². The molecule has 12 heavy (non-hydrogen) atoms. The van der Waals surface area contributed by atoms with E-state index in [-0.39, 0.29) is 47.0 Å². The minimum absolute atomic E-state index is 0. The van der Waals surface area contributed by atoms with E-state index in [2.05, 4.69) is 20.6 Å². The van der Waals surface area contributed by atoms with Crippen LogP contribution in [0.2, 0.25) is 0 Å². The van der Waals surface area contributed by atoms with E-state index < -0.39 is 0 Å². The summed E-state index contributed by atoms with van der Waals surface area (Å²) in [5.74, 6) is 0.208. The van der Waals surface area contributed by atoms with Gasteiger partial charge < -0.3 is 15.6 Å². The topological polar surface area (TPSA) is 74.6 Å². The molecule has 1 aliphatic heterocycles. The quantitative estimate of drug-likeness (QED) is 0.204. The van der Waals surface area contributed by atoms with Crippen LogP contribution in [0.15, 0.2) is 9.98 Å². The maximum atomic E-state index is 8.21. The Balaban J connectivity index is 0.00000121.